The molecule has 0 saturated carbocycles. The zero-order valence-electron chi connectivity index (χ0n) is 16.6. The number of anilines is 2. The summed E-state index contributed by atoms with van der Waals surface area (Å²) in [5.41, 5.74) is 2.03. The van der Waals surface area contributed by atoms with Gasteiger partial charge in [0.25, 0.3) is 15.9 Å². The van der Waals surface area contributed by atoms with Crippen LogP contribution in [0.15, 0.2) is 65.8 Å². The molecule has 11 heteroatoms. The molecule has 0 aliphatic carbocycles. The van der Waals surface area contributed by atoms with Gasteiger partial charge in [-0.1, -0.05) is 17.7 Å². The van der Waals surface area contributed by atoms with Gasteiger partial charge in [-0.25, -0.2) is 18.4 Å². The van der Waals surface area contributed by atoms with Crippen LogP contribution in [0.1, 0.15) is 15.9 Å². The van der Waals surface area contributed by atoms with Gasteiger partial charge >= 0.3 is 0 Å². The number of carbonyl (C=O) groups excluding carboxylic acids is 1. The number of aromatic nitrogens is 2. The number of thiocarbonyl (C=S) groups is 1. The summed E-state index contributed by atoms with van der Waals surface area (Å²) in [6.07, 6.45) is 1.19. The summed E-state index contributed by atoms with van der Waals surface area (Å²) in [6.45, 7) is 1.93. The average Bonchev–Trinajstić information content (AvgIpc) is 2.74. The van der Waals surface area contributed by atoms with E-state index >= 15 is 0 Å². The monoisotopic (exact) mass is 457 g/mol. The number of methoxy groups -OCH3 is 1. The van der Waals surface area contributed by atoms with E-state index in [0.717, 1.165) is 5.56 Å². The SMILES string of the molecule is COc1cc(NS(=O)(=O)c2ccc(NC(=S)NC(=O)c3ccc(C)cc3)cc2)ncn1. The van der Waals surface area contributed by atoms with Gasteiger partial charge < -0.3 is 10.1 Å². The number of hydrogen-bond donors (Lipinski definition) is 3. The molecule has 0 radical (unpaired) electrons. The minimum atomic E-state index is -3.87. The Morgan fingerprint density at radius 3 is 2.35 bits per heavy atom. The predicted octanol–water partition coefficient (Wildman–Crippen LogP) is 2.72. The van der Waals surface area contributed by atoms with Crippen molar-refractivity contribution in [2.45, 2.75) is 11.8 Å². The molecule has 3 N–H and O–H groups in total. The van der Waals surface area contributed by atoms with Crippen molar-refractivity contribution in [1.29, 1.82) is 0 Å². The second kappa shape index (κ2) is 9.49. The maximum atomic E-state index is 12.5. The van der Waals surface area contributed by atoms with Gasteiger partial charge in [0.15, 0.2) is 5.11 Å². The molecule has 31 heavy (non-hydrogen) atoms. The zero-order valence-corrected chi connectivity index (χ0v) is 18.3. The van der Waals surface area contributed by atoms with E-state index < -0.39 is 10.0 Å². The van der Waals surface area contributed by atoms with E-state index in [1.807, 2.05) is 19.1 Å². The standard InChI is InChI=1S/C20H19N5O4S2/c1-13-3-5-14(6-4-13)19(26)24-20(30)23-15-7-9-16(10-8-15)31(27,28)25-17-11-18(29-2)22-12-21-17/h3-12H,1-2H3,(H,21,22,25)(H2,23,24,26,30). The molecule has 1 aromatic heterocycles. The highest BCUT2D eigenvalue weighted by atomic mass is 32.2. The van der Waals surface area contributed by atoms with E-state index in [2.05, 4.69) is 25.3 Å². The zero-order chi connectivity index (χ0) is 22.4. The first-order valence-corrected chi connectivity index (χ1v) is 10.8. The number of sulfonamides is 1. The van der Waals surface area contributed by atoms with Crippen LogP contribution in [-0.2, 0) is 10.0 Å². The molecule has 0 atom stereocenters. The fraction of sp³-hybridized carbons (Fsp3) is 0.100. The van der Waals surface area contributed by atoms with Gasteiger partial charge in [-0.2, -0.15) is 0 Å². The smallest absolute Gasteiger partial charge is 0.263 e. The lowest BCUT2D eigenvalue weighted by Crippen LogP contribution is -2.34. The van der Waals surface area contributed by atoms with Crippen molar-refractivity contribution in [2.24, 2.45) is 0 Å². The van der Waals surface area contributed by atoms with E-state index in [4.69, 9.17) is 17.0 Å². The molecule has 3 rings (SSSR count). The van der Waals surface area contributed by atoms with Crippen molar-refractivity contribution in [2.75, 3.05) is 17.1 Å². The lowest BCUT2D eigenvalue weighted by atomic mass is 10.1. The van der Waals surface area contributed by atoms with Crippen molar-refractivity contribution in [3.8, 4) is 5.88 Å². The minimum Gasteiger partial charge on any atom is -0.481 e. The van der Waals surface area contributed by atoms with E-state index in [9.17, 15) is 13.2 Å². The molecule has 3 aromatic rings. The van der Waals surface area contributed by atoms with E-state index in [0.29, 0.717) is 11.3 Å². The molecular formula is C20H19N5O4S2. The van der Waals surface area contributed by atoms with Crippen molar-refractivity contribution in [3.05, 3.63) is 72.1 Å². The number of rotatable bonds is 6. The number of nitrogens with one attached hydrogen (secondary N) is 3. The van der Waals surface area contributed by atoms with Crippen LogP contribution < -0.4 is 20.1 Å². The van der Waals surface area contributed by atoms with E-state index in [1.54, 1.807) is 12.1 Å². The van der Waals surface area contributed by atoms with Gasteiger partial charge in [-0.05, 0) is 55.5 Å². The van der Waals surface area contributed by atoms with Gasteiger partial charge in [0, 0.05) is 17.3 Å². The van der Waals surface area contributed by atoms with E-state index in [-0.39, 0.29) is 27.6 Å². The summed E-state index contributed by atoms with van der Waals surface area (Å²) in [5.74, 6) is -0.0383. The highest BCUT2D eigenvalue weighted by Crippen LogP contribution is 2.18. The second-order valence-corrected chi connectivity index (χ2v) is 8.44. The number of benzene rings is 2. The first-order chi connectivity index (χ1) is 14.8. The Hall–Kier alpha value is -3.57. The third kappa shape index (κ3) is 5.96. The summed E-state index contributed by atoms with van der Waals surface area (Å²) >= 11 is 5.16. The van der Waals surface area contributed by atoms with Crippen LogP contribution >= 0.6 is 12.2 Å². The Labute approximate surface area is 184 Å². The number of ether oxygens (including phenoxy) is 1. The minimum absolute atomic E-state index is 0.0187. The normalized spacial score (nSPS) is 10.8. The highest BCUT2D eigenvalue weighted by molar-refractivity contribution is 7.92. The second-order valence-electron chi connectivity index (χ2n) is 6.35. The van der Waals surface area contributed by atoms with Crippen LogP contribution in [0.4, 0.5) is 11.5 Å². The van der Waals surface area contributed by atoms with E-state index in [1.165, 1.54) is 43.8 Å². The molecule has 0 saturated heterocycles. The van der Waals surface area contributed by atoms with Crippen LogP contribution in [0.2, 0.25) is 0 Å². The van der Waals surface area contributed by atoms with Crippen molar-refractivity contribution in [1.82, 2.24) is 15.3 Å². The first kappa shape index (κ1) is 22.1. The number of nitrogens with zero attached hydrogens (tertiary/aromatic N) is 2. The lowest BCUT2D eigenvalue weighted by molar-refractivity contribution is 0.0977. The summed E-state index contributed by atoms with van der Waals surface area (Å²) in [6, 6.07) is 14.3. The van der Waals surface area contributed by atoms with Gasteiger partial charge in [-0.3, -0.25) is 14.8 Å². The summed E-state index contributed by atoms with van der Waals surface area (Å²) in [5, 5.41) is 5.51. The predicted molar refractivity (Wildman–Crippen MR) is 121 cm³/mol. The van der Waals surface area contributed by atoms with Crippen LogP contribution in [0.3, 0.4) is 0 Å². The molecule has 0 spiro atoms. The van der Waals surface area contributed by atoms with Crippen molar-refractivity contribution < 1.29 is 17.9 Å². The molecule has 2 aromatic carbocycles. The van der Waals surface area contributed by atoms with Gasteiger partial charge in [0.2, 0.25) is 5.88 Å². The molecule has 0 bridgehead atoms. The maximum absolute atomic E-state index is 12.5. The summed E-state index contributed by atoms with van der Waals surface area (Å²) < 4.78 is 32.4. The third-order valence-corrected chi connectivity index (χ3v) is 5.63. The Bertz CT molecular complexity index is 1200. The molecule has 0 aliphatic rings. The quantitative estimate of drug-likeness (QED) is 0.483. The number of hydrogen-bond acceptors (Lipinski definition) is 7. The highest BCUT2D eigenvalue weighted by Gasteiger charge is 2.16. The summed E-state index contributed by atoms with van der Waals surface area (Å²) in [4.78, 5) is 19.9. The third-order valence-electron chi connectivity index (χ3n) is 4.05. The molecular weight excluding hydrogens is 438 g/mol. The topological polar surface area (TPSA) is 122 Å². The molecule has 1 heterocycles. The number of carbonyl (C=O) groups is 1. The average molecular weight is 458 g/mol. The number of aryl methyl sites for hydroxylation is 1. The van der Waals surface area contributed by atoms with Crippen LogP contribution in [0, 0.1) is 6.92 Å². The Morgan fingerprint density at radius 1 is 1.03 bits per heavy atom. The molecule has 0 unspecified atom stereocenters. The van der Waals surface area contributed by atoms with Gasteiger partial charge in [0.05, 0.1) is 12.0 Å². The largest absolute Gasteiger partial charge is 0.481 e. The molecule has 1 amide bonds. The fourth-order valence-electron chi connectivity index (χ4n) is 2.46. The molecule has 0 aliphatic heterocycles. The van der Waals surface area contributed by atoms with Crippen molar-refractivity contribution in [3.63, 3.8) is 0 Å². The Balaban J connectivity index is 1.63. The Kier molecular flexibility index (Phi) is 6.78. The van der Waals surface area contributed by atoms with Crippen LogP contribution in [-0.4, -0.2) is 36.5 Å². The van der Waals surface area contributed by atoms with Crippen molar-refractivity contribution >= 4 is 44.8 Å². The maximum Gasteiger partial charge on any atom is 0.263 e. The first-order valence-electron chi connectivity index (χ1n) is 8.95. The molecule has 0 fully saturated rings. The van der Waals surface area contributed by atoms with Gasteiger partial charge in [-0.15, -0.1) is 0 Å². The van der Waals surface area contributed by atoms with Crippen LogP contribution in [0.25, 0.3) is 0 Å². The molecule has 160 valence electrons. The summed E-state index contributed by atoms with van der Waals surface area (Å²) in [7, 11) is -2.45. The van der Waals surface area contributed by atoms with Gasteiger partial charge in [0.1, 0.15) is 12.1 Å². The number of amides is 1. The van der Waals surface area contributed by atoms with Crippen LogP contribution in [0.5, 0.6) is 5.88 Å². The Morgan fingerprint density at radius 2 is 1.71 bits per heavy atom. The fourth-order valence-corrected chi connectivity index (χ4v) is 3.67. The lowest BCUT2D eigenvalue weighted by Gasteiger charge is -2.11. The molecule has 9 nitrogen and oxygen atoms in total.